The number of ether oxygens (including phenoxy) is 3. The van der Waals surface area contributed by atoms with E-state index < -0.39 is 0 Å². The molecule has 2 aromatic carbocycles. The Morgan fingerprint density at radius 2 is 2.00 bits per heavy atom. The molecule has 162 valence electrons. The van der Waals surface area contributed by atoms with Crippen LogP contribution in [0.3, 0.4) is 0 Å². The van der Waals surface area contributed by atoms with Crippen molar-refractivity contribution in [2.75, 3.05) is 33.5 Å². The van der Waals surface area contributed by atoms with E-state index >= 15 is 0 Å². The molecule has 5 heteroatoms. The zero-order chi connectivity index (χ0) is 20.8. The Balaban J connectivity index is 1.19. The average molecular weight is 430 g/mol. The number of nitrogens with zero attached hydrogens (tertiary/aromatic N) is 1. The molecule has 2 aliphatic heterocycles. The van der Waals surface area contributed by atoms with Gasteiger partial charge in [0, 0.05) is 10.6 Å². The minimum atomic E-state index is 0.335. The van der Waals surface area contributed by atoms with Crippen LogP contribution >= 0.6 is 11.6 Å². The third-order valence-electron chi connectivity index (χ3n) is 6.39. The molecule has 0 atom stereocenters. The molecule has 0 amide bonds. The van der Waals surface area contributed by atoms with Gasteiger partial charge >= 0.3 is 0 Å². The van der Waals surface area contributed by atoms with Crippen molar-refractivity contribution in [3.8, 4) is 11.5 Å². The molecule has 0 N–H and O–H groups in total. The van der Waals surface area contributed by atoms with Crippen molar-refractivity contribution in [1.82, 2.24) is 4.90 Å². The maximum absolute atomic E-state index is 6.46. The third kappa shape index (κ3) is 5.48. The maximum Gasteiger partial charge on any atom is 0.189 e. The van der Waals surface area contributed by atoms with Crippen molar-refractivity contribution in [1.29, 1.82) is 0 Å². The lowest BCUT2D eigenvalue weighted by atomic mass is 9.90. The normalized spacial score (nSPS) is 17.4. The molecule has 4 rings (SSSR count). The minimum absolute atomic E-state index is 0.335. The second-order valence-corrected chi connectivity index (χ2v) is 8.82. The van der Waals surface area contributed by atoms with E-state index in [1.807, 2.05) is 18.2 Å². The highest BCUT2D eigenvalue weighted by Crippen LogP contribution is 2.33. The Hall–Kier alpha value is -1.75. The molecule has 30 heavy (non-hydrogen) atoms. The van der Waals surface area contributed by atoms with Crippen molar-refractivity contribution in [3.05, 3.63) is 58.1 Å². The minimum Gasteiger partial charge on any atom is -0.497 e. The summed E-state index contributed by atoms with van der Waals surface area (Å²) in [6, 6.07) is 12.4. The monoisotopic (exact) mass is 429 g/mol. The topological polar surface area (TPSA) is 30.9 Å². The van der Waals surface area contributed by atoms with E-state index in [9.17, 15) is 0 Å². The molecule has 4 nitrogen and oxygen atoms in total. The number of methoxy groups -OCH3 is 1. The van der Waals surface area contributed by atoms with Gasteiger partial charge in [0.15, 0.2) is 6.79 Å². The molecule has 0 aromatic heterocycles. The lowest BCUT2D eigenvalue weighted by Gasteiger charge is -2.32. The first kappa shape index (κ1) is 21.5. The molecular formula is C25H32ClNO3. The summed E-state index contributed by atoms with van der Waals surface area (Å²) >= 11 is 6.46. The van der Waals surface area contributed by atoms with E-state index in [4.69, 9.17) is 25.8 Å². The second kappa shape index (κ2) is 10.5. The van der Waals surface area contributed by atoms with Gasteiger partial charge in [-0.05, 0) is 99.5 Å². The number of likely N-dealkylation sites (tertiary alicyclic amines) is 1. The predicted octanol–water partition coefficient (Wildman–Crippen LogP) is 5.49. The maximum atomic E-state index is 6.46. The predicted molar refractivity (Wildman–Crippen MR) is 121 cm³/mol. The summed E-state index contributed by atoms with van der Waals surface area (Å²) in [6.07, 6.45) is 7.05. The van der Waals surface area contributed by atoms with Gasteiger partial charge in [-0.1, -0.05) is 23.7 Å². The molecule has 2 aromatic rings. The molecule has 1 saturated heterocycles. The fourth-order valence-electron chi connectivity index (χ4n) is 4.64. The van der Waals surface area contributed by atoms with E-state index in [1.54, 1.807) is 7.11 Å². The number of piperidine rings is 1. The average Bonchev–Trinajstić information content (AvgIpc) is 2.79. The molecule has 1 fully saturated rings. The lowest BCUT2D eigenvalue weighted by molar-refractivity contribution is -0.0168. The summed E-state index contributed by atoms with van der Waals surface area (Å²) in [4.78, 5) is 2.62. The van der Waals surface area contributed by atoms with Crippen molar-refractivity contribution in [2.45, 2.75) is 45.1 Å². The van der Waals surface area contributed by atoms with Crippen LogP contribution in [0.15, 0.2) is 36.4 Å². The highest BCUT2D eigenvalue weighted by Gasteiger charge is 2.20. The van der Waals surface area contributed by atoms with Crippen LogP contribution in [0.1, 0.15) is 42.4 Å². The van der Waals surface area contributed by atoms with Gasteiger partial charge in [-0.25, -0.2) is 0 Å². The summed E-state index contributed by atoms with van der Waals surface area (Å²) in [5.41, 5.74) is 3.72. The smallest absolute Gasteiger partial charge is 0.189 e. The van der Waals surface area contributed by atoms with Crippen LogP contribution in [-0.4, -0.2) is 38.4 Å². The molecule has 0 aliphatic carbocycles. The van der Waals surface area contributed by atoms with Crippen molar-refractivity contribution in [2.24, 2.45) is 5.92 Å². The molecular weight excluding hydrogens is 398 g/mol. The van der Waals surface area contributed by atoms with Gasteiger partial charge in [0.25, 0.3) is 0 Å². The Kier molecular flexibility index (Phi) is 7.53. The van der Waals surface area contributed by atoms with Crippen LogP contribution in [0, 0.1) is 5.92 Å². The highest BCUT2D eigenvalue weighted by atomic mass is 35.5. The van der Waals surface area contributed by atoms with Crippen LogP contribution in [0.25, 0.3) is 0 Å². The number of hydrogen-bond acceptors (Lipinski definition) is 4. The third-order valence-corrected chi connectivity index (χ3v) is 6.75. The zero-order valence-corrected chi connectivity index (χ0v) is 18.6. The Bertz CT molecular complexity index is 833. The molecule has 0 bridgehead atoms. The summed E-state index contributed by atoms with van der Waals surface area (Å²) in [7, 11) is 1.74. The lowest BCUT2D eigenvalue weighted by Crippen LogP contribution is -2.35. The first-order chi connectivity index (χ1) is 14.7. The quantitative estimate of drug-likeness (QED) is 0.519. The summed E-state index contributed by atoms with van der Waals surface area (Å²) in [6.45, 7) is 4.52. The van der Waals surface area contributed by atoms with Crippen LogP contribution < -0.4 is 9.47 Å². The molecule has 2 aliphatic rings. The van der Waals surface area contributed by atoms with E-state index in [-0.39, 0.29) is 0 Å². The van der Waals surface area contributed by atoms with Crippen molar-refractivity contribution >= 4 is 11.6 Å². The van der Waals surface area contributed by atoms with Crippen molar-refractivity contribution < 1.29 is 14.2 Å². The number of hydrogen-bond donors (Lipinski definition) is 0. The number of rotatable bonds is 8. The fraction of sp³-hybridized carbons (Fsp3) is 0.520. The van der Waals surface area contributed by atoms with Crippen LogP contribution in [0.2, 0.25) is 5.02 Å². The summed E-state index contributed by atoms with van der Waals surface area (Å²) in [5.74, 6) is 2.67. The SMILES string of the molecule is COc1cccc(CC2CCN(CCCCc3c(Cl)ccc4c3COCO4)CC2)c1. The first-order valence-electron chi connectivity index (χ1n) is 11.1. The largest absolute Gasteiger partial charge is 0.497 e. The molecule has 0 radical (unpaired) electrons. The van der Waals surface area contributed by atoms with Crippen LogP contribution in [0.5, 0.6) is 11.5 Å². The van der Waals surface area contributed by atoms with Crippen LogP contribution in [-0.2, 0) is 24.2 Å². The van der Waals surface area contributed by atoms with Gasteiger partial charge in [-0.2, -0.15) is 0 Å². The zero-order valence-electron chi connectivity index (χ0n) is 17.9. The molecule has 0 spiro atoms. The number of unbranched alkanes of at least 4 members (excludes halogenated alkanes) is 1. The van der Waals surface area contributed by atoms with Gasteiger partial charge in [-0.15, -0.1) is 0 Å². The summed E-state index contributed by atoms with van der Waals surface area (Å²) < 4.78 is 16.4. The van der Waals surface area contributed by atoms with Gasteiger partial charge in [0.05, 0.1) is 13.7 Å². The Morgan fingerprint density at radius 1 is 1.13 bits per heavy atom. The standard InChI is InChI=1S/C25H32ClNO3/c1-28-21-6-4-5-20(16-21)15-19-10-13-27(14-11-19)12-3-2-7-22-23-17-29-18-30-25(23)9-8-24(22)26/h4-6,8-9,16,19H,2-3,7,10-15,17-18H2,1H3. The molecule has 0 saturated carbocycles. The van der Waals surface area contributed by atoms with Crippen molar-refractivity contribution in [3.63, 3.8) is 0 Å². The number of benzene rings is 2. The van der Waals surface area contributed by atoms with E-state index in [2.05, 4.69) is 23.1 Å². The van der Waals surface area contributed by atoms with Gasteiger partial charge in [0.1, 0.15) is 11.5 Å². The van der Waals surface area contributed by atoms with Crippen LogP contribution in [0.4, 0.5) is 0 Å². The Morgan fingerprint density at radius 3 is 2.83 bits per heavy atom. The fourth-order valence-corrected chi connectivity index (χ4v) is 4.91. The van der Waals surface area contributed by atoms with Gasteiger partial charge < -0.3 is 19.1 Å². The Labute approximate surface area is 185 Å². The summed E-state index contributed by atoms with van der Waals surface area (Å²) in [5, 5.41) is 0.834. The van der Waals surface area contributed by atoms with Gasteiger partial charge in [0.2, 0.25) is 0 Å². The van der Waals surface area contributed by atoms with Gasteiger partial charge in [-0.3, -0.25) is 0 Å². The van der Waals surface area contributed by atoms with E-state index in [1.165, 1.54) is 50.0 Å². The number of fused-ring (bicyclic) bond motifs is 1. The molecule has 2 heterocycles. The highest BCUT2D eigenvalue weighted by molar-refractivity contribution is 6.31. The first-order valence-corrected chi connectivity index (χ1v) is 11.5. The molecule has 0 unspecified atom stereocenters. The van der Waals surface area contributed by atoms with E-state index in [0.717, 1.165) is 47.3 Å². The second-order valence-electron chi connectivity index (χ2n) is 8.41. The van der Waals surface area contributed by atoms with E-state index in [0.29, 0.717) is 13.4 Å². The number of halogens is 1.